The van der Waals surface area contributed by atoms with Gasteiger partial charge >= 0.3 is 0 Å². The molecule has 3 heterocycles. The number of carbonyl (C=O) groups excluding carboxylic acids is 1. The van der Waals surface area contributed by atoms with Gasteiger partial charge in [-0.25, -0.2) is 4.68 Å². The number of thiophene rings is 1. The summed E-state index contributed by atoms with van der Waals surface area (Å²) in [5.41, 5.74) is 2.72. The molecule has 1 aliphatic heterocycles. The van der Waals surface area contributed by atoms with Crippen molar-refractivity contribution in [3.8, 4) is 16.9 Å². The summed E-state index contributed by atoms with van der Waals surface area (Å²) in [5, 5.41) is 11.8. The first-order valence-electron chi connectivity index (χ1n) is 8.85. The highest BCUT2D eigenvalue weighted by Gasteiger charge is 2.32. The molecule has 0 radical (unpaired) electrons. The van der Waals surface area contributed by atoms with Crippen LogP contribution in [0.15, 0.2) is 53.2 Å². The van der Waals surface area contributed by atoms with E-state index in [-0.39, 0.29) is 11.8 Å². The quantitative estimate of drug-likeness (QED) is 0.706. The smallest absolute Gasteiger partial charge is 0.255 e. The molecule has 1 saturated heterocycles. The van der Waals surface area contributed by atoms with Gasteiger partial charge in [0.1, 0.15) is 11.9 Å². The van der Waals surface area contributed by atoms with Gasteiger partial charge in [0.25, 0.3) is 5.91 Å². The molecule has 0 saturated carbocycles. The predicted molar refractivity (Wildman–Crippen MR) is 105 cm³/mol. The molecule has 1 amide bonds. The summed E-state index contributed by atoms with van der Waals surface area (Å²) < 4.78 is 12.6. The Hall–Kier alpha value is -2.48. The van der Waals surface area contributed by atoms with Gasteiger partial charge in [-0.05, 0) is 30.0 Å². The molecule has 2 aromatic heterocycles. The van der Waals surface area contributed by atoms with E-state index in [4.69, 9.17) is 14.6 Å². The molecule has 2 unspecified atom stereocenters. The van der Waals surface area contributed by atoms with Crippen LogP contribution in [-0.4, -0.2) is 42.1 Å². The van der Waals surface area contributed by atoms with E-state index in [2.05, 4.69) is 5.32 Å². The number of rotatable bonds is 6. The minimum atomic E-state index is -0.545. The minimum Gasteiger partial charge on any atom is -0.381 e. The molecule has 0 spiro atoms. The molecular formula is C20H21N3O3S. The number of nitrogens with zero attached hydrogens (tertiary/aromatic N) is 2. The van der Waals surface area contributed by atoms with Gasteiger partial charge in [-0.15, -0.1) is 0 Å². The van der Waals surface area contributed by atoms with Gasteiger partial charge < -0.3 is 14.8 Å². The van der Waals surface area contributed by atoms with Crippen LogP contribution in [0.4, 0.5) is 5.82 Å². The second kappa shape index (κ2) is 8.04. The van der Waals surface area contributed by atoms with E-state index in [1.165, 1.54) is 0 Å². The van der Waals surface area contributed by atoms with Crippen molar-refractivity contribution >= 4 is 23.1 Å². The van der Waals surface area contributed by atoms with E-state index < -0.39 is 6.10 Å². The fourth-order valence-electron chi connectivity index (χ4n) is 3.29. The van der Waals surface area contributed by atoms with Crippen LogP contribution in [-0.2, 0) is 14.3 Å². The average molecular weight is 383 g/mol. The lowest BCUT2D eigenvalue weighted by Gasteiger charge is -2.20. The summed E-state index contributed by atoms with van der Waals surface area (Å²) in [5.74, 6) is 0.509. The van der Waals surface area contributed by atoms with Crippen LogP contribution >= 0.6 is 11.3 Å². The van der Waals surface area contributed by atoms with Gasteiger partial charge in [0.15, 0.2) is 0 Å². The van der Waals surface area contributed by atoms with Crippen molar-refractivity contribution in [3.05, 3.63) is 53.2 Å². The number of hydrogen-bond donors (Lipinski definition) is 1. The number of hydrogen-bond acceptors (Lipinski definition) is 5. The first-order chi connectivity index (χ1) is 13.3. The summed E-state index contributed by atoms with van der Waals surface area (Å²) in [6, 6.07) is 13.7. The number of aromatic nitrogens is 2. The number of ether oxygens (including phenoxy) is 2. The molecule has 27 heavy (non-hydrogen) atoms. The number of methoxy groups -OCH3 is 1. The zero-order valence-electron chi connectivity index (χ0n) is 15.0. The summed E-state index contributed by atoms with van der Waals surface area (Å²) in [4.78, 5) is 12.9. The van der Waals surface area contributed by atoms with E-state index in [1.807, 2.05) is 53.2 Å². The van der Waals surface area contributed by atoms with Crippen LogP contribution in [0, 0.1) is 5.92 Å². The monoisotopic (exact) mass is 383 g/mol. The Morgan fingerprint density at radius 2 is 2.22 bits per heavy atom. The molecule has 1 aliphatic rings. The third kappa shape index (κ3) is 3.80. The molecular weight excluding hydrogens is 362 g/mol. The lowest BCUT2D eigenvalue weighted by Crippen LogP contribution is -2.37. The molecule has 7 heteroatoms. The molecule has 1 N–H and O–H groups in total. The Labute approximate surface area is 161 Å². The highest BCUT2D eigenvalue weighted by atomic mass is 32.1. The van der Waals surface area contributed by atoms with Crippen molar-refractivity contribution < 1.29 is 14.3 Å². The van der Waals surface area contributed by atoms with Crippen molar-refractivity contribution in [2.75, 3.05) is 25.6 Å². The van der Waals surface area contributed by atoms with Gasteiger partial charge in [-0.2, -0.15) is 16.4 Å². The average Bonchev–Trinajstić information content (AvgIpc) is 3.45. The lowest BCUT2D eigenvalue weighted by atomic mass is 10.0. The highest BCUT2D eigenvalue weighted by Crippen LogP contribution is 2.27. The maximum Gasteiger partial charge on any atom is 0.255 e. The topological polar surface area (TPSA) is 65.4 Å². The SMILES string of the molecule is COC(C(=O)Nc1cc(-c2ccsc2)nn1-c1ccccc1)C1CCOC1. The predicted octanol–water partition coefficient (Wildman–Crippen LogP) is 3.59. The van der Waals surface area contributed by atoms with E-state index in [0.29, 0.717) is 19.0 Å². The molecule has 0 aliphatic carbocycles. The van der Waals surface area contributed by atoms with Crippen LogP contribution < -0.4 is 5.32 Å². The number of benzene rings is 1. The number of nitrogens with one attached hydrogen (secondary N) is 1. The summed E-state index contributed by atoms with van der Waals surface area (Å²) in [6.45, 7) is 1.21. The molecule has 1 aromatic carbocycles. The van der Waals surface area contributed by atoms with Crippen molar-refractivity contribution in [1.82, 2.24) is 9.78 Å². The highest BCUT2D eigenvalue weighted by molar-refractivity contribution is 7.08. The Morgan fingerprint density at radius 1 is 1.37 bits per heavy atom. The standard InChI is InChI=1S/C20H21N3O3S/c1-25-19(14-7-9-26-12-14)20(24)21-18-11-17(15-8-10-27-13-15)22-23(18)16-5-3-2-4-6-16/h2-6,8,10-11,13-14,19H,7,9,12H2,1H3,(H,21,24). The van der Waals surface area contributed by atoms with Crippen molar-refractivity contribution in [3.63, 3.8) is 0 Å². The molecule has 3 aromatic rings. The summed E-state index contributed by atoms with van der Waals surface area (Å²) in [7, 11) is 1.56. The number of amides is 1. The minimum absolute atomic E-state index is 0.0689. The number of carbonyl (C=O) groups is 1. The van der Waals surface area contributed by atoms with Crippen molar-refractivity contribution in [2.24, 2.45) is 5.92 Å². The Morgan fingerprint density at radius 3 is 2.89 bits per heavy atom. The van der Waals surface area contributed by atoms with Gasteiger partial charge in [0, 0.05) is 36.6 Å². The normalized spacial score (nSPS) is 17.7. The van der Waals surface area contributed by atoms with Gasteiger partial charge in [0.05, 0.1) is 18.0 Å². The largest absolute Gasteiger partial charge is 0.381 e. The fourth-order valence-corrected chi connectivity index (χ4v) is 3.94. The first kappa shape index (κ1) is 17.9. The van der Waals surface area contributed by atoms with Crippen LogP contribution in [0.5, 0.6) is 0 Å². The van der Waals surface area contributed by atoms with Crippen molar-refractivity contribution in [1.29, 1.82) is 0 Å². The zero-order valence-corrected chi connectivity index (χ0v) is 15.8. The van der Waals surface area contributed by atoms with Crippen LogP contribution in [0.1, 0.15) is 6.42 Å². The van der Waals surface area contributed by atoms with Crippen LogP contribution in [0.3, 0.4) is 0 Å². The van der Waals surface area contributed by atoms with E-state index >= 15 is 0 Å². The number of anilines is 1. The zero-order chi connectivity index (χ0) is 18.6. The fraction of sp³-hybridized carbons (Fsp3) is 0.300. The molecule has 4 rings (SSSR count). The maximum absolute atomic E-state index is 12.9. The van der Waals surface area contributed by atoms with Gasteiger partial charge in [-0.1, -0.05) is 18.2 Å². The van der Waals surface area contributed by atoms with Crippen LogP contribution in [0.25, 0.3) is 16.9 Å². The molecule has 1 fully saturated rings. The molecule has 140 valence electrons. The number of para-hydroxylation sites is 1. The first-order valence-corrected chi connectivity index (χ1v) is 9.80. The Balaban J connectivity index is 1.65. The maximum atomic E-state index is 12.9. The van der Waals surface area contributed by atoms with Gasteiger partial charge in [0.2, 0.25) is 0 Å². The van der Waals surface area contributed by atoms with E-state index in [1.54, 1.807) is 23.1 Å². The van der Waals surface area contributed by atoms with E-state index in [0.717, 1.165) is 23.4 Å². The Kier molecular flexibility index (Phi) is 5.33. The Bertz CT molecular complexity index is 887. The van der Waals surface area contributed by atoms with Gasteiger partial charge in [-0.3, -0.25) is 4.79 Å². The summed E-state index contributed by atoms with van der Waals surface area (Å²) >= 11 is 1.61. The van der Waals surface area contributed by atoms with Crippen LogP contribution in [0.2, 0.25) is 0 Å². The summed E-state index contributed by atoms with van der Waals surface area (Å²) in [6.07, 6.45) is 0.278. The molecule has 2 atom stereocenters. The molecule has 0 bridgehead atoms. The third-order valence-electron chi connectivity index (χ3n) is 4.68. The second-order valence-corrected chi connectivity index (χ2v) is 7.22. The van der Waals surface area contributed by atoms with Crippen molar-refractivity contribution in [2.45, 2.75) is 12.5 Å². The molecule has 6 nitrogen and oxygen atoms in total. The second-order valence-electron chi connectivity index (χ2n) is 6.44. The third-order valence-corrected chi connectivity index (χ3v) is 5.37. The van der Waals surface area contributed by atoms with E-state index in [9.17, 15) is 4.79 Å². The lowest BCUT2D eigenvalue weighted by molar-refractivity contribution is -0.128.